The van der Waals surface area contributed by atoms with Gasteiger partial charge in [-0.25, -0.2) is 0 Å². The molecular weight excluding hydrogens is 170 g/mol. The maximum absolute atomic E-state index is 3.88. The van der Waals surface area contributed by atoms with Crippen LogP contribution in [0.15, 0.2) is 0 Å². The SMILES string of the molecule is CC1(C)[C@@H]2CC[C@@]1(C)C(NC1CC1)C2. The van der Waals surface area contributed by atoms with Crippen LogP contribution in [0.5, 0.6) is 0 Å². The molecule has 0 aromatic heterocycles. The van der Waals surface area contributed by atoms with E-state index >= 15 is 0 Å². The smallest absolute Gasteiger partial charge is 0.0131 e. The maximum Gasteiger partial charge on any atom is 0.0131 e. The molecule has 3 fully saturated rings. The van der Waals surface area contributed by atoms with Gasteiger partial charge in [0.1, 0.15) is 0 Å². The van der Waals surface area contributed by atoms with E-state index in [2.05, 4.69) is 26.1 Å². The zero-order valence-corrected chi connectivity index (χ0v) is 9.77. The lowest BCUT2D eigenvalue weighted by Gasteiger charge is -2.39. The molecule has 0 aliphatic heterocycles. The molecule has 0 spiro atoms. The van der Waals surface area contributed by atoms with E-state index in [4.69, 9.17) is 0 Å². The molecule has 3 rings (SSSR count). The quantitative estimate of drug-likeness (QED) is 0.711. The number of hydrogen-bond acceptors (Lipinski definition) is 1. The van der Waals surface area contributed by atoms with Crippen molar-refractivity contribution >= 4 is 0 Å². The van der Waals surface area contributed by atoms with E-state index in [1.165, 1.54) is 32.1 Å². The molecule has 14 heavy (non-hydrogen) atoms. The summed E-state index contributed by atoms with van der Waals surface area (Å²) in [5, 5.41) is 3.88. The number of hydrogen-bond donors (Lipinski definition) is 1. The molecule has 1 nitrogen and oxygen atoms in total. The molecule has 0 radical (unpaired) electrons. The molecule has 0 amide bonds. The molecule has 3 saturated carbocycles. The largest absolute Gasteiger partial charge is 0.311 e. The highest BCUT2D eigenvalue weighted by molar-refractivity contribution is 5.13. The average molecular weight is 193 g/mol. The van der Waals surface area contributed by atoms with Crippen LogP contribution < -0.4 is 5.32 Å². The molecule has 2 bridgehead atoms. The summed E-state index contributed by atoms with van der Waals surface area (Å²) in [6.45, 7) is 7.53. The van der Waals surface area contributed by atoms with Crippen molar-refractivity contribution in [2.24, 2.45) is 16.7 Å². The minimum Gasteiger partial charge on any atom is -0.311 e. The number of rotatable bonds is 2. The summed E-state index contributed by atoms with van der Waals surface area (Å²) in [5.41, 5.74) is 1.17. The molecule has 0 aromatic rings. The second-order valence-corrected chi connectivity index (χ2v) is 6.60. The van der Waals surface area contributed by atoms with Crippen LogP contribution in [-0.4, -0.2) is 12.1 Å². The predicted octanol–water partition coefficient (Wildman–Crippen LogP) is 2.95. The van der Waals surface area contributed by atoms with Gasteiger partial charge in [0.25, 0.3) is 0 Å². The van der Waals surface area contributed by atoms with Crippen molar-refractivity contribution in [3.8, 4) is 0 Å². The minimum atomic E-state index is 0.583. The Morgan fingerprint density at radius 3 is 2.21 bits per heavy atom. The van der Waals surface area contributed by atoms with Gasteiger partial charge in [-0.1, -0.05) is 20.8 Å². The van der Waals surface area contributed by atoms with E-state index in [0.29, 0.717) is 10.8 Å². The van der Waals surface area contributed by atoms with E-state index in [1.54, 1.807) is 0 Å². The maximum atomic E-state index is 3.88. The molecule has 0 saturated heterocycles. The summed E-state index contributed by atoms with van der Waals surface area (Å²) in [6.07, 6.45) is 7.23. The molecule has 80 valence electrons. The molecule has 3 atom stereocenters. The fourth-order valence-electron chi connectivity index (χ4n) is 3.99. The highest BCUT2D eigenvalue weighted by Crippen LogP contribution is 2.65. The van der Waals surface area contributed by atoms with Gasteiger partial charge >= 0.3 is 0 Å². The van der Waals surface area contributed by atoms with Gasteiger partial charge in [-0.3, -0.25) is 0 Å². The van der Waals surface area contributed by atoms with Crippen molar-refractivity contribution in [3.05, 3.63) is 0 Å². The van der Waals surface area contributed by atoms with Crippen molar-refractivity contribution in [2.75, 3.05) is 0 Å². The van der Waals surface area contributed by atoms with Gasteiger partial charge in [0.05, 0.1) is 0 Å². The lowest BCUT2D eigenvalue weighted by atomic mass is 9.69. The topological polar surface area (TPSA) is 12.0 Å². The Balaban J connectivity index is 1.83. The highest BCUT2D eigenvalue weighted by Gasteiger charge is 2.61. The van der Waals surface area contributed by atoms with Crippen LogP contribution in [0.4, 0.5) is 0 Å². The van der Waals surface area contributed by atoms with Crippen molar-refractivity contribution in [1.82, 2.24) is 5.32 Å². The molecule has 1 N–H and O–H groups in total. The first-order valence-electron chi connectivity index (χ1n) is 6.30. The molecule has 0 heterocycles. The molecule has 1 unspecified atom stereocenters. The van der Waals surface area contributed by atoms with Crippen LogP contribution in [0.25, 0.3) is 0 Å². The minimum absolute atomic E-state index is 0.583. The van der Waals surface area contributed by atoms with Crippen molar-refractivity contribution in [3.63, 3.8) is 0 Å². The number of nitrogens with one attached hydrogen (secondary N) is 1. The Bertz CT molecular complexity index is 254. The number of fused-ring (bicyclic) bond motifs is 2. The summed E-state index contributed by atoms with van der Waals surface area (Å²) in [5.74, 6) is 0.990. The van der Waals surface area contributed by atoms with Gasteiger partial charge < -0.3 is 5.32 Å². The fraction of sp³-hybridized carbons (Fsp3) is 1.00. The third-order valence-electron chi connectivity index (χ3n) is 5.81. The van der Waals surface area contributed by atoms with Gasteiger partial charge in [-0.05, 0) is 48.9 Å². The van der Waals surface area contributed by atoms with Gasteiger partial charge in [0.15, 0.2) is 0 Å². The van der Waals surface area contributed by atoms with Crippen LogP contribution >= 0.6 is 0 Å². The average Bonchev–Trinajstić information content (AvgIpc) is 2.85. The molecular formula is C13H23N. The van der Waals surface area contributed by atoms with Crippen LogP contribution in [0, 0.1) is 16.7 Å². The normalized spacial score (nSPS) is 49.9. The van der Waals surface area contributed by atoms with Gasteiger partial charge in [0, 0.05) is 12.1 Å². The van der Waals surface area contributed by atoms with E-state index < -0.39 is 0 Å². The predicted molar refractivity (Wildman–Crippen MR) is 59.2 cm³/mol. The third-order valence-corrected chi connectivity index (χ3v) is 5.81. The summed E-state index contributed by atoms with van der Waals surface area (Å²) in [6, 6.07) is 1.70. The second kappa shape index (κ2) is 2.55. The van der Waals surface area contributed by atoms with E-state index in [9.17, 15) is 0 Å². The van der Waals surface area contributed by atoms with Gasteiger partial charge in [-0.15, -0.1) is 0 Å². The Morgan fingerprint density at radius 1 is 1.07 bits per heavy atom. The third kappa shape index (κ3) is 0.997. The monoisotopic (exact) mass is 193 g/mol. The first-order valence-corrected chi connectivity index (χ1v) is 6.30. The Kier molecular flexibility index (Phi) is 1.68. The van der Waals surface area contributed by atoms with Crippen LogP contribution in [-0.2, 0) is 0 Å². The fourth-order valence-corrected chi connectivity index (χ4v) is 3.99. The Morgan fingerprint density at radius 2 is 1.79 bits per heavy atom. The van der Waals surface area contributed by atoms with Crippen LogP contribution in [0.2, 0.25) is 0 Å². The molecule has 0 aromatic carbocycles. The molecule has 3 aliphatic rings. The summed E-state index contributed by atoms with van der Waals surface area (Å²) in [7, 11) is 0. The zero-order chi connectivity index (χ0) is 9.97. The Hall–Kier alpha value is -0.0400. The summed E-state index contributed by atoms with van der Waals surface area (Å²) >= 11 is 0. The second-order valence-electron chi connectivity index (χ2n) is 6.60. The van der Waals surface area contributed by atoms with E-state index in [1.807, 2.05) is 0 Å². The van der Waals surface area contributed by atoms with E-state index in [-0.39, 0.29) is 0 Å². The lowest BCUT2D eigenvalue weighted by Crippen LogP contribution is -2.45. The Labute approximate surface area is 87.7 Å². The lowest BCUT2D eigenvalue weighted by molar-refractivity contribution is 0.120. The highest BCUT2D eigenvalue weighted by atomic mass is 15.0. The van der Waals surface area contributed by atoms with Crippen molar-refractivity contribution in [1.29, 1.82) is 0 Å². The van der Waals surface area contributed by atoms with Gasteiger partial charge in [0.2, 0.25) is 0 Å². The standard InChI is InChI=1S/C13H23N/c1-12(2)9-6-7-13(12,3)11(8-9)14-10-4-5-10/h9-11,14H,4-8H2,1-3H3/t9-,11?,13+/m1/s1. The van der Waals surface area contributed by atoms with Crippen LogP contribution in [0.3, 0.4) is 0 Å². The summed E-state index contributed by atoms with van der Waals surface area (Å²) in [4.78, 5) is 0. The van der Waals surface area contributed by atoms with Gasteiger partial charge in [-0.2, -0.15) is 0 Å². The molecule has 3 aliphatic carbocycles. The van der Waals surface area contributed by atoms with Crippen LogP contribution in [0.1, 0.15) is 52.9 Å². The summed E-state index contributed by atoms with van der Waals surface area (Å²) < 4.78 is 0. The van der Waals surface area contributed by atoms with Crippen molar-refractivity contribution < 1.29 is 0 Å². The van der Waals surface area contributed by atoms with Crippen molar-refractivity contribution in [2.45, 2.75) is 65.0 Å². The first kappa shape index (κ1) is 9.21. The zero-order valence-electron chi connectivity index (χ0n) is 9.77. The molecule has 1 heteroatoms. The van der Waals surface area contributed by atoms with E-state index in [0.717, 1.165) is 18.0 Å². The first-order chi connectivity index (χ1) is 6.54.